The van der Waals surface area contributed by atoms with Gasteiger partial charge in [-0.1, -0.05) is 12.1 Å². The highest BCUT2D eigenvalue weighted by Gasteiger charge is 2.26. The summed E-state index contributed by atoms with van der Waals surface area (Å²) >= 11 is 0. The van der Waals surface area contributed by atoms with Crippen LogP contribution in [0.4, 0.5) is 11.4 Å². The highest BCUT2D eigenvalue weighted by Crippen LogP contribution is 2.24. The maximum Gasteiger partial charge on any atom is 0.241 e. The first-order valence-corrected chi connectivity index (χ1v) is 11.2. The Bertz CT molecular complexity index is 981. The molecular weight excluding hydrogens is 388 g/mol. The molecule has 1 heterocycles. The Balaban J connectivity index is 1.58. The van der Waals surface area contributed by atoms with Gasteiger partial charge in [0, 0.05) is 37.6 Å². The van der Waals surface area contributed by atoms with Gasteiger partial charge in [0.2, 0.25) is 15.9 Å². The summed E-state index contributed by atoms with van der Waals surface area (Å²) < 4.78 is 22.7. The number of piperazine rings is 1. The van der Waals surface area contributed by atoms with Crippen LogP contribution in [0.15, 0.2) is 47.4 Å². The first-order chi connectivity index (χ1) is 13.7. The number of hydrogen-bond acceptors (Lipinski definition) is 5. The summed E-state index contributed by atoms with van der Waals surface area (Å²) in [6.45, 7) is 9.49. The van der Waals surface area contributed by atoms with E-state index in [1.54, 1.807) is 12.1 Å². The highest BCUT2D eigenvalue weighted by atomic mass is 32.2. The zero-order chi connectivity index (χ0) is 21.2. The van der Waals surface area contributed by atoms with Crippen LogP contribution in [0.3, 0.4) is 0 Å². The number of primary sulfonamides is 1. The van der Waals surface area contributed by atoms with Crippen molar-refractivity contribution in [1.82, 2.24) is 4.90 Å². The zero-order valence-electron chi connectivity index (χ0n) is 17.1. The van der Waals surface area contributed by atoms with Crippen LogP contribution in [0, 0.1) is 13.8 Å². The van der Waals surface area contributed by atoms with Gasteiger partial charge in [-0.15, -0.1) is 0 Å². The molecule has 2 aromatic rings. The molecule has 0 bridgehead atoms. The van der Waals surface area contributed by atoms with E-state index in [1.807, 2.05) is 6.92 Å². The number of sulfonamides is 1. The highest BCUT2D eigenvalue weighted by molar-refractivity contribution is 7.89. The minimum absolute atomic E-state index is 0.0195. The molecule has 8 heteroatoms. The molecule has 0 aliphatic carbocycles. The summed E-state index contributed by atoms with van der Waals surface area (Å²) in [6.07, 6.45) is 0. The number of rotatable bonds is 5. The van der Waals surface area contributed by atoms with Gasteiger partial charge in [0.15, 0.2) is 0 Å². The number of aryl methyl sites for hydroxylation is 1. The molecule has 0 spiro atoms. The van der Waals surface area contributed by atoms with Gasteiger partial charge in [0.05, 0.1) is 10.9 Å². The maximum atomic E-state index is 12.6. The van der Waals surface area contributed by atoms with Crippen LogP contribution in [0.25, 0.3) is 0 Å². The van der Waals surface area contributed by atoms with Crippen molar-refractivity contribution in [2.45, 2.75) is 31.7 Å². The number of nitrogens with zero attached hydrogens (tertiary/aromatic N) is 2. The Labute approximate surface area is 172 Å². The minimum Gasteiger partial charge on any atom is -0.369 e. The van der Waals surface area contributed by atoms with E-state index in [-0.39, 0.29) is 16.8 Å². The largest absolute Gasteiger partial charge is 0.369 e. The molecule has 2 aromatic carbocycles. The summed E-state index contributed by atoms with van der Waals surface area (Å²) in [5.74, 6) is -0.117. The quantitative estimate of drug-likeness (QED) is 0.778. The lowest BCUT2D eigenvalue weighted by Crippen LogP contribution is -2.53. The lowest BCUT2D eigenvalue weighted by molar-refractivity contribution is -0.120. The molecular formula is C21H28N4O3S. The third-order valence-electron chi connectivity index (χ3n) is 5.61. The molecule has 7 nitrogen and oxygen atoms in total. The van der Waals surface area contributed by atoms with E-state index in [0.717, 1.165) is 26.2 Å². The molecule has 3 rings (SSSR count). The summed E-state index contributed by atoms with van der Waals surface area (Å²) in [6, 6.07) is 11.9. The van der Waals surface area contributed by atoms with Gasteiger partial charge in [-0.2, -0.15) is 0 Å². The number of nitrogens with two attached hydrogens (primary N) is 1. The summed E-state index contributed by atoms with van der Waals surface area (Å²) in [5, 5.41) is 7.95. The molecule has 1 amide bonds. The third-order valence-corrected chi connectivity index (χ3v) is 6.54. The van der Waals surface area contributed by atoms with E-state index in [1.165, 1.54) is 28.9 Å². The maximum absolute atomic E-state index is 12.6. The molecule has 0 aromatic heterocycles. The van der Waals surface area contributed by atoms with Gasteiger partial charge >= 0.3 is 0 Å². The summed E-state index contributed by atoms with van der Waals surface area (Å²) in [5.41, 5.74) is 4.39. The third kappa shape index (κ3) is 4.95. The van der Waals surface area contributed by atoms with Crippen LogP contribution in [0.5, 0.6) is 0 Å². The van der Waals surface area contributed by atoms with Gasteiger partial charge in [0.25, 0.3) is 0 Å². The predicted octanol–water partition coefficient (Wildman–Crippen LogP) is 2.10. The fourth-order valence-electron chi connectivity index (χ4n) is 3.57. The number of amides is 1. The van der Waals surface area contributed by atoms with E-state index in [2.05, 4.69) is 47.2 Å². The monoisotopic (exact) mass is 416 g/mol. The van der Waals surface area contributed by atoms with E-state index in [0.29, 0.717) is 5.69 Å². The molecule has 29 heavy (non-hydrogen) atoms. The fourth-order valence-corrected chi connectivity index (χ4v) is 4.08. The standard InChI is InChI=1S/C21H28N4O3S/c1-15-5-4-6-20(16(15)2)25-13-11-24(12-14-25)17(3)21(26)23-18-7-9-19(10-8-18)29(22,27)28/h4-10,17H,11-14H2,1-3H3,(H,23,26)(H2,22,27,28). The second-order valence-corrected chi connectivity index (χ2v) is 9.04. The number of benzene rings is 2. The Morgan fingerprint density at radius 1 is 1.03 bits per heavy atom. The Morgan fingerprint density at radius 3 is 2.24 bits per heavy atom. The number of hydrogen-bond donors (Lipinski definition) is 2. The number of anilines is 2. The van der Waals surface area contributed by atoms with E-state index < -0.39 is 10.0 Å². The lowest BCUT2D eigenvalue weighted by Gasteiger charge is -2.39. The van der Waals surface area contributed by atoms with Crippen molar-refractivity contribution in [3.8, 4) is 0 Å². The van der Waals surface area contributed by atoms with Gasteiger partial charge in [0.1, 0.15) is 0 Å². The van der Waals surface area contributed by atoms with Gasteiger partial charge in [-0.3, -0.25) is 9.69 Å². The van der Waals surface area contributed by atoms with Gasteiger partial charge < -0.3 is 10.2 Å². The first-order valence-electron chi connectivity index (χ1n) is 9.66. The van der Waals surface area contributed by atoms with E-state index in [9.17, 15) is 13.2 Å². The topological polar surface area (TPSA) is 95.7 Å². The second-order valence-electron chi connectivity index (χ2n) is 7.48. The van der Waals surface area contributed by atoms with Crippen LogP contribution < -0.4 is 15.4 Å². The van der Waals surface area contributed by atoms with Crippen LogP contribution in [0.1, 0.15) is 18.1 Å². The Morgan fingerprint density at radius 2 is 1.66 bits per heavy atom. The predicted molar refractivity (Wildman–Crippen MR) is 116 cm³/mol. The van der Waals surface area contributed by atoms with E-state index >= 15 is 0 Å². The van der Waals surface area contributed by atoms with Crippen LogP contribution >= 0.6 is 0 Å². The van der Waals surface area contributed by atoms with Gasteiger partial charge in [-0.05, 0) is 62.2 Å². The zero-order valence-corrected chi connectivity index (χ0v) is 17.9. The Kier molecular flexibility index (Phi) is 6.26. The molecule has 1 saturated heterocycles. The van der Waals surface area contributed by atoms with Crippen LogP contribution in [0.2, 0.25) is 0 Å². The van der Waals surface area contributed by atoms with Crippen molar-refractivity contribution < 1.29 is 13.2 Å². The number of carbonyl (C=O) groups excluding carboxylic acids is 1. The number of carbonyl (C=O) groups is 1. The van der Waals surface area contributed by atoms with Crippen molar-refractivity contribution in [3.63, 3.8) is 0 Å². The molecule has 1 fully saturated rings. The smallest absolute Gasteiger partial charge is 0.241 e. The first kappa shape index (κ1) is 21.3. The molecule has 1 atom stereocenters. The minimum atomic E-state index is -3.74. The van der Waals surface area contributed by atoms with Crippen LogP contribution in [-0.4, -0.2) is 51.4 Å². The molecule has 1 aliphatic heterocycles. The molecule has 0 saturated carbocycles. The van der Waals surface area contributed by atoms with Crippen molar-refractivity contribution in [1.29, 1.82) is 0 Å². The molecule has 1 aliphatic rings. The summed E-state index contributed by atoms with van der Waals surface area (Å²) in [4.78, 5) is 17.2. The van der Waals surface area contributed by atoms with Crippen molar-refractivity contribution in [2.24, 2.45) is 5.14 Å². The normalized spacial score (nSPS) is 16.5. The molecule has 1 unspecified atom stereocenters. The molecule has 156 valence electrons. The van der Waals surface area contributed by atoms with Gasteiger partial charge in [-0.25, -0.2) is 13.6 Å². The Hall–Kier alpha value is -2.42. The average molecular weight is 417 g/mol. The molecule has 3 N–H and O–H groups in total. The number of nitrogens with one attached hydrogen (secondary N) is 1. The molecule has 0 radical (unpaired) electrons. The fraction of sp³-hybridized carbons (Fsp3) is 0.381. The van der Waals surface area contributed by atoms with Crippen molar-refractivity contribution in [2.75, 3.05) is 36.4 Å². The van der Waals surface area contributed by atoms with Crippen molar-refractivity contribution >= 4 is 27.3 Å². The van der Waals surface area contributed by atoms with Crippen LogP contribution in [-0.2, 0) is 14.8 Å². The average Bonchev–Trinajstić information content (AvgIpc) is 2.69. The van der Waals surface area contributed by atoms with E-state index in [4.69, 9.17) is 5.14 Å². The summed E-state index contributed by atoms with van der Waals surface area (Å²) in [7, 11) is -3.74. The van der Waals surface area contributed by atoms with Crippen molar-refractivity contribution in [3.05, 3.63) is 53.6 Å². The lowest BCUT2D eigenvalue weighted by atomic mass is 10.1. The second kappa shape index (κ2) is 8.52. The SMILES string of the molecule is Cc1cccc(N2CCN(C(C)C(=O)Nc3ccc(S(N)(=O)=O)cc3)CC2)c1C.